The molecule has 1 saturated carbocycles. The van der Waals surface area contributed by atoms with E-state index in [1.165, 1.54) is 0 Å². The van der Waals surface area contributed by atoms with Crippen LogP contribution in [0.25, 0.3) is 0 Å². The average Bonchev–Trinajstić information content (AvgIpc) is 2.45. The van der Waals surface area contributed by atoms with Crippen LogP contribution in [0.15, 0.2) is 28.7 Å². The Morgan fingerprint density at radius 2 is 1.61 bits per heavy atom. The summed E-state index contributed by atoms with van der Waals surface area (Å²) in [6.45, 7) is 5.96. The predicted octanol–water partition coefficient (Wildman–Crippen LogP) is 4.11. The molecule has 1 aromatic carbocycles. The van der Waals surface area contributed by atoms with Crippen molar-refractivity contribution in [2.45, 2.75) is 52.0 Å². The number of rotatable bonds is 3. The Labute approximate surface area is 146 Å². The van der Waals surface area contributed by atoms with Crippen LogP contribution >= 0.6 is 15.9 Å². The summed E-state index contributed by atoms with van der Waals surface area (Å²) in [7, 11) is 0. The molecule has 2 amide bonds. The number of amides is 2. The molecular weight excluding hydrogens is 356 g/mol. The van der Waals surface area contributed by atoms with E-state index in [9.17, 15) is 9.59 Å². The number of anilines is 1. The average molecular weight is 381 g/mol. The van der Waals surface area contributed by atoms with Crippen LogP contribution in [0.2, 0.25) is 0 Å². The molecule has 0 spiro atoms. The van der Waals surface area contributed by atoms with Crippen molar-refractivity contribution >= 4 is 33.4 Å². The highest BCUT2D eigenvalue weighted by atomic mass is 79.9. The fourth-order valence-corrected chi connectivity index (χ4v) is 3.30. The standard InChI is InChI=1S/C18H25BrN2O2/c1-18(2,3)21-17(23)13-9-7-12(8-10-13)16(22)20-15-6-4-5-14(19)11-15/h4-6,11-13H,7-10H2,1-3H3,(H,20,22)(H,21,23). The topological polar surface area (TPSA) is 58.2 Å². The van der Waals surface area contributed by atoms with Crippen molar-refractivity contribution in [3.63, 3.8) is 0 Å². The Kier molecular flexibility index (Phi) is 5.84. The molecule has 23 heavy (non-hydrogen) atoms. The fourth-order valence-electron chi connectivity index (χ4n) is 2.90. The van der Waals surface area contributed by atoms with Crippen LogP contribution in [0.5, 0.6) is 0 Å². The zero-order valence-electron chi connectivity index (χ0n) is 14.0. The Hall–Kier alpha value is -1.36. The first kappa shape index (κ1) is 18.0. The van der Waals surface area contributed by atoms with E-state index >= 15 is 0 Å². The molecule has 2 N–H and O–H groups in total. The Morgan fingerprint density at radius 1 is 1.04 bits per heavy atom. The fraction of sp³-hybridized carbons (Fsp3) is 0.556. The molecule has 0 aromatic heterocycles. The molecule has 0 aliphatic heterocycles. The molecule has 1 aliphatic rings. The molecule has 0 atom stereocenters. The number of hydrogen-bond acceptors (Lipinski definition) is 2. The van der Waals surface area contributed by atoms with Gasteiger partial charge in [0.25, 0.3) is 0 Å². The minimum atomic E-state index is -0.202. The van der Waals surface area contributed by atoms with Gasteiger partial charge < -0.3 is 10.6 Å². The zero-order chi connectivity index (χ0) is 17.0. The van der Waals surface area contributed by atoms with E-state index in [1.807, 2.05) is 45.0 Å². The summed E-state index contributed by atoms with van der Waals surface area (Å²) in [4.78, 5) is 24.6. The van der Waals surface area contributed by atoms with Crippen LogP contribution in [0.4, 0.5) is 5.69 Å². The molecule has 0 radical (unpaired) electrons. The predicted molar refractivity (Wildman–Crippen MR) is 96.1 cm³/mol. The van der Waals surface area contributed by atoms with Crippen molar-refractivity contribution in [3.8, 4) is 0 Å². The van der Waals surface area contributed by atoms with E-state index in [0.717, 1.165) is 35.8 Å². The molecule has 1 aromatic rings. The first-order valence-corrected chi connectivity index (χ1v) is 8.92. The largest absolute Gasteiger partial charge is 0.351 e. The van der Waals surface area contributed by atoms with Gasteiger partial charge in [-0.3, -0.25) is 9.59 Å². The number of carbonyl (C=O) groups excluding carboxylic acids is 2. The van der Waals surface area contributed by atoms with Crippen LogP contribution in [-0.2, 0) is 9.59 Å². The van der Waals surface area contributed by atoms with Gasteiger partial charge in [0.05, 0.1) is 0 Å². The molecule has 0 saturated heterocycles. The highest BCUT2D eigenvalue weighted by Crippen LogP contribution is 2.30. The van der Waals surface area contributed by atoms with Gasteiger partial charge in [0.15, 0.2) is 0 Å². The maximum absolute atomic E-state index is 12.4. The van der Waals surface area contributed by atoms with Crippen LogP contribution < -0.4 is 10.6 Å². The number of halogens is 1. The Morgan fingerprint density at radius 3 is 2.13 bits per heavy atom. The van der Waals surface area contributed by atoms with E-state index in [-0.39, 0.29) is 29.2 Å². The Bertz CT molecular complexity index is 573. The molecular formula is C18H25BrN2O2. The van der Waals surface area contributed by atoms with Crippen LogP contribution in [0.3, 0.4) is 0 Å². The third-order valence-electron chi connectivity index (χ3n) is 4.06. The normalized spacial score (nSPS) is 21.6. The lowest BCUT2D eigenvalue weighted by Gasteiger charge is -2.30. The van der Waals surface area contributed by atoms with Gasteiger partial charge in [0.2, 0.25) is 11.8 Å². The lowest BCUT2D eigenvalue weighted by molar-refractivity contribution is -0.129. The number of carbonyl (C=O) groups is 2. The van der Waals surface area contributed by atoms with Crippen molar-refractivity contribution < 1.29 is 9.59 Å². The van der Waals surface area contributed by atoms with E-state index in [2.05, 4.69) is 26.6 Å². The summed E-state index contributed by atoms with van der Waals surface area (Å²) < 4.78 is 0.942. The van der Waals surface area contributed by atoms with E-state index < -0.39 is 0 Å². The van der Waals surface area contributed by atoms with Gasteiger partial charge >= 0.3 is 0 Å². The summed E-state index contributed by atoms with van der Waals surface area (Å²) in [5.41, 5.74) is 0.600. The summed E-state index contributed by atoms with van der Waals surface area (Å²) in [5.74, 6) is 0.193. The zero-order valence-corrected chi connectivity index (χ0v) is 15.6. The first-order valence-electron chi connectivity index (χ1n) is 8.13. The molecule has 5 heteroatoms. The molecule has 1 fully saturated rings. The SMILES string of the molecule is CC(C)(C)NC(=O)C1CCC(C(=O)Nc2cccc(Br)c2)CC1. The molecule has 4 nitrogen and oxygen atoms in total. The third kappa shape index (κ3) is 5.65. The third-order valence-corrected chi connectivity index (χ3v) is 4.55. The maximum Gasteiger partial charge on any atom is 0.227 e. The van der Waals surface area contributed by atoms with E-state index in [1.54, 1.807) is 0 Å². The van der Waals surface area contributed by atoms with Gasteiger partial charge in [0, 0.05) is 27.5 Å². The summed E-state index contributed by atoms with van der Waals surface area (Å²) in [6.07, 6.45) is 3.08. The highest BCUT2D eigenvalue weighted by Gasteiger charge is 2.31. The van der Waals surface area contributed by atoms with Crippen LogP contribution in [0.1, 0.15) is 46.5 Å². The smallest absolute Gasteiger partial charge is 0.227 e. The van der Waals surface area contributed by atoms with Crippen molar-refractivity contribution in [3.05, 3.63) is 28.7 Å². The summed E-state index contributed by atoms with van der Waals surface area (Å²) >= 11 is 3.40. The van der Waals surface area contributed by atoms with Gasteiger partial charge in [-0.2, -0.15) is 0 Å². The number of hydrogen-bond donors (Lipinski definition) is 2. The molecule has 0 bridgehead atoms. The molecule has 1 aliphatic carbocycles. The lowest BCUT2D eigenvalue weighted by atomic mass is 9.81. The second kappa shape index (κ2) is 7.47. The molecule has 2 rings (SSSR count). The highest BCUT2D eigenvalue weighted by molar-refractivity contribution is 9.10. The van der Waals surface area contributed by atoms with Crippen molar-refractivity contribution in [1.29, 1.82) is 0 Å². The van der Waals surface area contributed by atoms with E-state index in [0.29, 0.717) is 0 Å². The lowest BCUT2D eigenvalue weighted by Crippen LogP contribution is -2.45. The van der Waals surface area contributed by atoms with Crippen molar-refractivity contribution in [1.82, 2.24) is 5.32 Å². The molecule has 0 unspecified atom stereocenters. The van der Waals surface area contributed by atoms with Gasteiger partial charge in [0.1, 0.15) is 0 Å². The molecule has 126 valence electrons. The minimum absolute atomic E-state index is 0.00679. The van der Waals surface area contributed by atoms with Gasteiger partial charge in [-0.05, 0) is 64.7 Å². The summed E-state index contributed by atoms with van der Waals surface area (Å²) in [6, 6.07) is 7.59. The van der Waals surface area contributed by atoms with E-state index in [4.69, 9.17) is 0 Å². The second-order valence-corrected chi connectivity index (χ2v) is 8.20. The van der Waals surface area contributed by atoms with Gasteiger partial charge in [-0.1, -0.05) is 22.0 Å². The number of nitrogens with one attached hydrogen (secondary N) is 2. The van der Waals surface area contributed by atoms with Gasteiger partial charge in [-0.15, -0.1) is 0 Å². The monoisotopic (exact) mass is 380 g/mol. The quantitative estimate of drug-likeness (QED) is 0.828. The Balaban J connectivity index is 1.84. The van der Waals surface area contributed by atoms with Crippen molar-refractivity contribution in [2.24, 2.45) is 11.8 Å². The van der Waals surface area contributed by atoms with Crippen LogP contribution in [-0.4, -0.2) is 17.4 Å². The minimum Gasteiger partial charge on any atom is -0.351 e. The molecule has 0 heterocycles. The van der Waals surface area contributed by atoms with Crippen LogP contribution in [0, 0.1) is 11.8 Å². The van der Waals surface area contributed by atoms with Crippen molar-refractivity contribution in [2.75, 3.05) is 5.32 Å². The van der Waals surface area contributed by atoms with Gasteiger partial charge in [-0.25, -0.2) is 0 Å². The first-order chi connectivity index (χ1) is 10.7. The maximum atomic E-state index is 12.4. The summed E-state index contributed by atoms with van der Waals surface area (Å²) in [5, 5.41) is 6.00. The second-order valence-electron chi connectivity index (χ2n) is 7.29. The number of benzene rings is 1.